The van der Waals surface area contributed by atoms with Gasteiger partial charge in [-0.25, -0.2) is 0 Å². The average Bonchev–Trinajstić information content (AvgIpc) is 2.35. The Hall–Kier alpha value is -2.11. The fraction of sp³-hybridized carbons (Fsp3) is 0.533. The van der Waals surface area contributed by atoms with E-state index in [2.05, 4.69) is 4.98 Å². The number of hydrogen-bond donors (Lipinski definition) is 2. The van der Waals surface area contributed by atoms with Crippen LogP contribution in [-0.4, -0.2) is 28.2 Å². The second-order valence-corrected chi connectivity index (χ2v) is 6.68. The van der Waals surface area contributed by atoms with Crippen molar-refractivity contribution in [2.75, 3.05) is 6.54 Å². The Bertz CT molecular complexity index is 641. The van der Waals surface area contributed by atoms with Crippen LogP contribution < -0.4 is 11.3 Å². The lowest BCUT2D eigenvalue weighted by Crippen LogP contribution is -2.39. The summed E-state index contributed by atoms with van der Waals surface area (Å²) in [6.07, 6.45) is 1.05. The highest BCUT2D eigenvalue weighted by atomic mass is 16.2. The molecule has 0 radical (unpaired) electrons. The molecule has 0 unspecified atom stereocenters. The monoisotopic (exact) mass is 291 g/mol. The topological polar surface area (TPSA) is 96.3 Å². The van der Waals surface area contributed by atoms with Gasteiger partial charge in [-0.05, 0) is 17.0 Å². The molecule has 0 atom stereocenters. The summed E-state index contributed by atoms with van der Waals surface area (Å²) < 4.78 is 0. The molecule has 114 valence electrons. The fourth-order valence-corrected chi connectivity index (χ4v) is 2.47. The summed E-state index contributed by atoms with van der Waals surface area (Å²) in [7, 11) is 0. The summed E-state index contributed by atoms with van der Waals surface area (Å²) in [5.41, 5.74) is 6.17. The van der Waals surface area contributed by atoms with Crippen LogP contribution in [0.5, 0.6) is 0 Å². The lowest BCUT2D eigenvalue weighted by Gasteiger charge is -2.31. The number of hydrogen-bond acceptors (Lipinski definition) is 3. The number of pyridine rings is 1. The van der Waals surface area contributed by atoms with E-state index in [1.54, 1.807) is 4.90 Å². The van der Waals surface area contributed by atoms with Crippen LogP contribution in [0.1, 0.15) is 48.8 Å². The highest BCUT2D eigenvalue weighted by molar-refractivity contribution is 5.92. The van der Waals surface area contributed by atoms with Gasteiger partial charge in [0.05, 0.1) is 0 Å². The molecule has 6 nitrogen and oxygen atoms in total. The molecule has 6 heteroatoms. The Morgan fingerprint density at radius 3 is 2.62 bits per heavy atom. The van der Waals surface area contributed by atoms with E-state index in [0.717, 1.165) is 11.3 Å². The molecule has 0 saturated carbocycles. The van der Waals surface area contributed by atoms with Gasteiger partial charge in [0, 0.05) is 31.6 Å². The van der Waals surface area contributed by atoms with Crippen molar-refractivity contribution in [3.8, 4) is 0 Å². The Morgan fingerprint density at radius 1 is 1.38 bits per heavy atom. The van der Waals surface area contributed by atoms with Crippen LogP contribution >= 0.6 is 0 Å². The molecule has 21 heavy (non-hydrogen) atoms. The molecule has 2 heterocycles. The number of fused-ring (bicyclic) bond motifs is 1. The minimum atomic E-state index is -0.753. The highest BCUT2D eigenvalue weighted by Gasteiger charge is 2.26. The maximum atomic E-state index is 12.3. The number of nitrogens with one attached hydrogen (secondary N) is 1. The number of rotatable bonds is 2. The van der Waals surface area contributed by atoms with Crippen molar-refractivity contribution in [3.05, 3.63) is 33.2 Å². The number of amides is 2. The molecule has 2 amide bonds. The number of carbonyl (C=O) groups is 2. The minimum absolute atomic E-state index is 0.0566. The first kappa shape index (κ1) is 15.3. The van der Waals surface area contributed by atoms with Gasteiger partial charge in [-0.15, -0.1) is 0 Å². The van der Waals surface area contributed by atoms with E-state index in [0.29, 0.717) is 25.9 Å². The van der Waals surface area contributed by atoms with Gasteiger partial charge >= 0.3 is 0 Å². The normalized spacial score (nSPS) is 14.7. The predicted octanol–water partition coefficient (Wildman–Crippen LogP) is 0.795. The zero-order valence-electron chi connectivity index (χ0n) is 12.7. The van der Waals surface area contributed by atoms with Crippen LogP contribution in [0.2, 0.25) is 0 Å². The standard InChI is InChI=1S/C15H21N3O3/c1-15(2,3)7-12(19)18-5-4-11-9(8-18)6-10(13(16)20)14(21)17-11/h6H,4-5,7-8H2,1-3H3,(H2,16,20)(H,17,21). The van der Waals surface area contributed by atoms with Crippen LogP contribution in [0.4, 0.5) is 0 Å². The predicted molar refractivity (Wildman–Crippen MR) is 78.8 cm³/mol. The molecule has 0 aliphatic carbocycles. The summed E-state index contributed by atoms with van der Waals surface area (Å²) in [5, 5.41) is 0. The summed E-state index contributed by atoms with van der Waals surface area (Å²) >= 11 is 0. The first-order chi connectivity index (χ1) is 9.67. The van der Waals surface area contributed by atoms with Crippen molar-refractivity contribution < 1.29 is 9.59 Å². The van der Waals surface area contributed by atoms with E-state index < -0.39 is 11.5 Å². The van der Waals surface area contributed by atoms with Gasteiger partial charge in [-0.2, -0.15) is 0 Å². The van der Waals surface area contributed by atoms with Crippen LogP contribution in [-0.2, 0) is 17.8 Å². The molecular formula is C15H21N3O3. The molecule has 0 fully saturated rings. The molecule has 1 aromatic heterocycles. The zero-order valence-corrected chi connectivity index (χ0v) is 12.7. The molecule has 1 aliphatic rings. The van der Waals surface area contributed by atoms with Crippen LogP contribution in [0.25, 0.3) is 0 Å². The van der Waals surface area contributed by atoms with Crippen LogP contribution in [0.3, 0.4) is 0 Å². The fourth-order valence-electron chi connectivity index (χ4n) is 2.47. The minimum Gasteiger partial charge on any atom is -0.365 e. The molecule has 0 saturated heterocycles. The van der Waals surface area contributed by atoms with E-state index >= 15 is 0 Å². The van der Waals surface area contributed by atoms with Crippen molar-refractivity contribution in [1.82, 2.24) is 9.88 Å². The molecule has 0 aromatic carbocycles. The van der Waals surface area contributed by atoms with E-state index in [-0.39, 0.29) is 16.9 Å². The van der Waals surface area contributed by atoms with Crippen molar-refractivity contribution in [3.63, 3.8) is 0 Å². The third-order valence-corrected chi connectivity index (χ3v) is 3.51. The molecular weight excluding hydrogens is 270 g/mol. The van der Waals surface area contributed by atoms with Crippen molar-refractivity contribution in [2.45, 2.75) is 40.2 Å². The second-order valence-electron chi connectivity index (χ2n) is 6.68. The lowest BCUT2D eigenvalue weighted by atomic mass is 9.91. The first-order valence-corrected chi connectivity index (χ1v) is 7.00. The number of H-pyrrole nitrogens is 1. The molecule has 1 aliphatic heterocycles. The molecule has 3 N–H and O–H groups in total. The third-order valence-electron chi connectivity index (χ3n) is 3.51. The van der Waals surface area contributed by atoms with Gasteiger partial charge in [0.25, 0.3) is 11.5 Å². The van der Waals surface area contributed by atoms with Gasteiger partial charge in [0.15, 0.2) is 0 Å². The number of carbonyl (C=O) groups excluding carboxylic acids is 2. The SMILES string of the molecule is CC(C)(C)CC(=O)N1CCc2[nH]c(=O)c(C(N)=O)cc2C1. The Balaban J connectivity index is 2.24. The Labute approximate surface area is 123 Å². The third kappa shape index (κ3) is 3.51. The quantitative estimate of drug-likeness (QED) is 0.843. The number of aromatic amines is 1. The second kappa shape index (κ2) is 5.35. The first-order valence-electron chi connectivity index (χ1n) is 7.00. The van der Waals surface area contributed by atoms with Gasteiger partial charge in [0.2, 0.25) is 5.91 Å². The van der Waals surface area contributed by atoms with Gasteiger partial charge in [-0.3, -0.25) is 14.4 Å². The van der Waals surface area contributed by atoms with E-state index in [4.69, 9.17) is 5.73 Å². The number of primary amides is 1. The smallest absolute Gasteiger partial charge is 0.261 e. The van der Waals surface area contributed by atoms with Gasteiger partial charge in [-0.1, -0.05) is 20.8 Å². The zero-order chi connectivity index (χ0) is 15.8. The van der Waals surface area contributed by atoms with E-state index in [9.17, 15) is 14.4 Å². The van der Waals surface area contributed by atoms with Crippen molar-refractivity contribution in [1.29, 1.82) is 0 Å². The highest BCUT2D eigenvalue weighted by Crippen LogP contribution is 2.23. The number of nitrogens with two attached hydrogens (primary N) is 1. The van der Waals surface area contributed by atoms with E-state index in [1.165, 1.54) is 6.07 Å². The maximum Gasteiger partial charge on any atom is 0.261 e. The van der Waals surface area contributed by atoms with Gasteiger partial charge in [0.1, 0.15) is 5.56 Å². The van der Waals surface area contributed by atoms with Crippen LogP contribution in [0, 0.1) is 5.41 Å². The molecule has 1 aromatic rings. The lowest BCUT2D eigenvalue weighted by molar-refractivity contribution is -0.134. The molecule has 0 spiro atoms. The summed E-state index contributed by atoms with van der Waals surface area (Å²) in [6.45, 7) is 7.04. The largest absolute Gasteiger partial charge is 0.365 e. The van der Waals surface area contributed by atoms with Crippen LogP contribution in [0.15, 0.2) is 10.9 Å². The molecule has 2 rings (SSSR count). The average molecular weight is 291 g/mol. The number of aromatic nitrogens is 1. The summed E-state index contributed by atoms with van der Waals surface area (Å²) in [4.78, 5) is 39.7. The molecule has 0 bridgehead atoms. The van der Waals surface area contributed by atoms with E-state index in [1.807, 2.05) is 20.8 Å². The maximum absolute atomic E-state index is 12.3. The van der Waals surface area contributed by atoms with Crippen molar-refractivity contribution >= 4 is 11.8 Å². The Kier molecular flexibility index (Phi) is 3.89. The Morgan fingerprint density at radius 2 is 2.05 bits per heavy atom. The summed E-state index contributed by atoms with van der Waals surface area (Å²) in [6, 6.07) is 1.51. The number of nitrogens with zero attached hydrogens (tertiary/aromatic N) is 1. The van der Waals surface area contributed by atoms with Gasteiger partial charge < -0.3 is 15.6 Å². The van der Waals surface area contributed by atoms with Crippen molar-refractivity contribution in [2.24, 2.45) is 11.1 Å². The summed E-state index contributed by atoms with van der Waals surface area (Å²) in [5.74, 6) is -0.669.